The molecule has 2 aromatic carbocycles. The number of nitrogens with one attached hydrogen (secondary N) is 1. The maximum Gasteiger partial charge on any atom is 0.232 e. The molecular formula is C22H30N2O3S. The predicted octanol–water partition coefficient (Wildman–Crippen LogP) is 4.12. The molecule has 0 radical (unpaired) electrons. The summed E-state index contributed by atoms with van der Waals surface area (Å²) in [7, 11) is -3.41. The Bertz CT molecular complexity index is 910. The van der Waals surface area contributed by atoms with Crippen LogP contribution in [-0.2, 0) is 14.8 Å². The van der Waals surface area contributed by atoms with Crippen molar-refractivity contribution in [3.05, 3.63) is 65.2 Å². The lowest BCUT2D eigenvalue weighted by Gasteiger charge is -2.24. The quantitative estimate of drug-likeness (QED) is 0.686. The van der Waals surface area contributed by atoms with E-state index in [1.807, 2.05) is 63.2 Å². The number of anilines is 1. The highest BCUT2D eigenvalue weighted by Gasteiger charge is 2.20. The number of benzene rings is 2. The van der Waals surface area contributed by atoms with Gasteiger partial charge in [-0.25, -0.2) is 8.42 Å². The van der Waals surface area contributed by atoms with Gasteiger partial charge in [-0.05, 0) is 49.4 Å². The van der Waals surface area contributed by atoms with Crippen molar-refractivity contribution < 1.29 is 13.2 Å². The number of para-hydroxylation sites is 1. The fraction of sp³-hybridized carbons (Fsp3) is 0.409. The molecule has 1 N–H and O–H groups in total. The first-order chi connectivity index (χ1) is 13.2. The zero-order chi connectivity index (χ0) is 20.7. The highest BCUT2D eigenvalue weighted by atomic mass is 32.2. The number of hydrogen-bond donors (Lipinski definition) is 1. The molecule has 0 aromatic heterocycles. The summed E-state index contributed by atoms with van der Waals surface area (Å²) < 4.78 is 25.8. The van der Waals surface area contributed by atoms with E-state index in [2.05, 4.69) is 5.32 Å². The molecule has 1 atom stereocenters. The van der Waals surface area contributed by atoms with E-state index in [1.165, 1.54) is 10.6 Å². The summed E-state index contributed by atoms with van der Waals surface area (Å²) in [6.07, 6.45) is 2.73. The van der Waals surface area contributed by atoms with Gasteiger partial charge in [-0.1, -0.05) is 49.4 Å². The summed E-state index contributed by atoms with van der Waals surface area (Å²) in [5, 5.41) is 3.08. The molecule has 0 aliphatic carbocycles. The SMILES string of the molecule is CC[C@H](NC(=O)CCCN(c1ccccc1C)S(C)(=O)=O)c1ccccc1C. The molecule has 0 aliphatic rings. The van der Waals surface area contributed by atoms with Crippen LogP contribution in [0.4, 0.5) is 5.69 Å². The molecule has 0 fully saturated rings. The van der Waals surface area contributed by atoms with Crippen molar-refractivity contribution in [2.75, 3.05) is 17.1 Å². The van der Waals surface area contributed by atoms with Gasteiger partial charge in [0.05, 0.1) is 18.0 Å². The van der Waals surface area contributed by atoms with Crippen molar-refractivity contribution in [3.63, 3.8) is 0 Å². The Morgan fingerprint density at radius 2 is 1.64 bits per heavy atom. The molecule has 5 nitrogen and oxygen atoms in total. The van der Waals surface area contributed by atoms with Gasteiger partial charge in [0.1, 0.15) is 0 Å². The lowest BCUT2D eigenvalue weighted by Crippen LogP contribution is -2.33. The van der Waals surface area contributed by atoms with E-state index in [9.17, 15) is 13.2 Å². The van der Waals surface area contributed by atoms with E-state index in [0.717, 1.165) is 23.1 Å². The second-order valence-electron chi connectivity index (χ2n) is 7.11. The van der Waals surface area contributed by atoms with Crippen LogP contribution in [0.1, 0.15) is 48.9 Å². The molecule has 2 rings (SSSR count). The molecule has 152 valence electrons. The Morgan fingerprint density at radius 1 is 1.04 bits per heavy atom. The molecule has 0 spiro atoms. The molecule has 6 heteroatoms. The van der Waals surface area contributed by atoms with Gasteiger partial charge in [-0.15, -0.1) is 0 Å². The van der Waals surface area contributed by atoms with Crippen LogP contribution in [0.3, 0.4) is 0 Å². The second-order valence-corrected chi connectivity index (χ2v) is 9.02. The molecule has 1 amide bonds. The third-order valence-corrected chi connectivity index (χ3v) is 6.04. The zero-order valence-corrected chi connectivity index (χ0v) is 17.9. The van der Waals surface area contributed by atoms with E-state index in [0.29, 0.717) is 12.1 Å². The summed E-state index contributed by atoms with van der Waals surface area (Å²) >= 11 is 0. The fourth-order valence-corrected chi connectivity index (χ4v) is 4.36. The highest BCUT2D eigenvalue weighted by molar-refractivity contribution is 7.92. The molecule has 28 heavy (non-hydrogen) atoms. The van der Waals surface area contributed by atoms with E-state index in [1.54, 1.807) is 6.07 Å². The molecule has 0 unspecified atom stereocenters. The van der Waals surface area contributed by atoms with E-state index >= 15 is 0 Å². The number of nitrogens with zero attached hydrogens (tertiary/aromatic N) is 1. The molecule has 0 bridgehead atoms. The lowest BCUT2D eigenvalue weighted by molar-refractivity contribution is -0.121. The van der Waals surface area contributed by atoms with Gasteiger partial charge >= 0.3 is 0 Å². The fourth-order valence-electron chi connectivity index (χ4n) is 3.34. The van der Waals surface area contributed by atoms with Crippen LogP contribution < -0.4 is 9.62 Å². The third kappa shape index (κ3) is 5.83. The highest BCUT2D eigenvalue weighted by Crippen LogP contribution is 2.23. The largest absolute Gasteiger partial charge is 0.349 e. The maximum atomic E-state index is 12.5. The predicted molar refractivity (Wildman–Crippen MR) is 115 cm³/mol. The summed E-state index contributed by atoms with van der Waals surface area (Å²) in [5.74, 6) is -0.0617. The van der Waals surface area contributed by atoms with Crippen LogP contribution >= 0.6 is 0 Å². The van der Waals surface area contributed by atoms with E-state index in [4.69, 9.17) is 0 Å². The standard InChI is InChI=1S/C22H30N2O3S/c1-5-20(19-13-8-6-11-17(19)2)23-22(25)15-10-16-24(28(4,26)27)21-14-9-7-12-18(21)3/h6-9,11-14,20H,5,10,15-16H2,1-4H3,(H,23,25)/t20-/m0/s1. The van der Waals surface area contributed by atoms with Gasteiger partial charge < -0.3 is 5.32 Å². The summed E-state index contributed by atoms with van der Waals surface area (Å²) in [6.45, 7) is 6.24. The number of hydrogen-bond acceptors (Lipinski definition) is 3. The van der Waals surface area contributed by atoms with Crippen LogP contribution in [-0.4, -0.2) is 27.1 Å². The Kier molecular flexibility index (Phi) is 7.63. The summed E-state index contributed by atoms with van der Waals surface area (Å²) in [6, 6.07) is 15.4. The van der Waals surface area contributed by atoms with Gasteiger partial charge in [0.25, 0.3) is 0 Å². The van der Waals surface area contributed by atoms with E-state index in [-0.39, 0.29) is 24.9 Å². The van der Waals surface area contributed by atoms with Gasteiger partial charge in [0, 0.05) is 13.0 Å². The number of rotatable bonds is 9. The van der Waals surface area contributed by atoms with Crippen molar-refractivity contribution in [1.29, 1.82) is 0 Å². The summed E-state index contributed by atoms with van der Waals surface area (Å²) in [5.41, 5.74) is 3.83. The number of sulfonamides is 1. The second kappa shape index (κ2) is 9.73. The monoisotopic (exact) mass is 402 g/mol. The van der Waals surface area contributed by atoms with Gasteiger partial charge in [-0.3, -0.25) is 9.10 Å². The maximum absolute atomic E-state index is 12.5. The number of amides is 1. The van der Waals surface area contributed by atoms with Gasteiger partial charge in [0.2, 0.25) is 15.9 Å². The average Bonchev–Trinajstić information content (AvgIpc) is 2.64. The van der Waals surface area contributed by atoms with Gasteiger partial charge in [-0.2, -0.15) is 0 Å². The minimum absolute atomic E-state index is 0.0314. The van der Waals surface area contributed by atoms with Crippen molar-refractivity contribution in [2.45, 2.75) is 46.1 Å². The topological polar surface area (TPSA) is 66.5 Å². The first-order valence-electron chi connectivity index (χ1n) is 9.62. The minimum Gasteiger partial charge on any atom is -0.349 e. The molecular weight excluding hydrogens is 372 g/mol. The van der Waals surface area contributed by atoms with Crippen molar-refractivity contribution >= 4 is 21.6 Å². The van der Waals surface area contributed by atoms with Crippen LogP contribution in [0.25, 0.3) is 0 Å². The average molecular weight is 403 g/mol. The molecule has 0 saturated carbocycles. The third-order valence-electron chi connectivity index (χ3n) is 4.86. The zero-order valence-electron chi connectivity index (χ0n) is 17.1. The van der Waals surface area contributed by atoms with Crippen molar-refractivity contribution in [1.82, 2.24) is 5.32 Å². The van der Waals surface area contributed by atoms with Crippen LogP contribution in [0.15, 0.2) is 48.5 Å². The van der Waals surface area contributed by atoms with Crippen LogP contribution in [0, 0.1) is 13.8 Å². The van der Waals surface area contributed by atoms with Crippen LogP contribution in [0.2, 0.25) is 0 Å². The molecule has 0 saturated heterocycles. The molecule has 0 aliphatic heterocycles. The Morgan fingerprint density at radius 3 is 2.21 bits per heavy atom. The van der Waals surface area contributed by atoms with Crippen molar-refractivity contribution in [3.8, 4) is 0 Å². The normalized spacial score (nSPS) is 12.4. The number of aryl methyl sites for hydroxylation is 2. The Hall–Kier alpha value is -2.34. The smallest absolute Gasteiger partial charge is 0.232 e. The Labute approximate surface area is 168 Å². The van der Waals surface area contributed by atoms with Gasteiger partial charge in [0.15, 0.2) is 0 Å². The lowest BCUT2D eigenvalue weighted by atomic mass is 9.99. The van der Waals surface area contributed by atoms with Crippen LogP contribution in [0.5, 0.6) is 0 Å². The van der Waals surface area contributed by atoms with E-state index < -0.39 is 10.0 Å². The minimum atomic E-state index is -3.41. The number of carbonyl (C=O) groups excluding carboxylic acids is 1. The molecule has 2 aromatic rings. The first kappa shape index (κ1) is 22.0. The first-order valence-corrected chi connectivity index (χ1v) is 11.5. The summed E-state index contributed by atoms with van der Waals surface area (Å²) in [4.78, 5) is 12.5. The Balaban J connectivity index is 1.99. The molecule has 0 heterocycles. The number of carbonyl (C=O) groups is 1. The van der Waals surface area contributed by atoms with Crippen molar-refractivity contribution in [2.24, 2.45) is 0 Å².